The average molecular weight is 257 g/mol. The number of carbonyl (C=O) groups excluding carboxylic acids is 1. The number of esters is 1. The highest BCUT2D eigenvalue weighted by Gasteiger charge is 2.37. The minimum absolute atomic E-state index is 0.289. The van der Waals surface area contributed by atoms with Crippen LogP contribution in [0.5, 0.6) is 0 Å². The topological polar surface area (TPSA) is 61.5 Å². The third kappa shape index (κ3) is 3.95. The molecular weight excluding hydrogens is 230 g/mol. The fourth-order valence-electron chi connectivity index (χ4n) is 2.66. The van der Waals surface area contributed by atoms with Crippen LogP contribution in [0.15, 0.2) is 0 Å². The highest BCUT2D eigenvalue weighted by molar-refractivity contribution is 5.74. The maximum atomic E-state index is 11.6. The van der Waals surface area contributed by atoms with E-state index in [9.17, 15) is 4.79 Å². The van der Waals surface area contributed by atoms with Crippen molar-refractivity contribution in [2.45, 2.75) is 64.6 Å². The zero-order chi connectivity index (χ0) is 13.6. The summed E-state index contributed by atoms with van der Waals surface area (Å²) in [4.78, 5) is 11.6. The Labute approximate surface area is 110 Å². The minimum Gasteiger partial charge on any atom is -0.464 e. The molecule has 4 nitrogen and oxygen atoms in total. The Kier molecular flexibility index (Phi) is 6.09. The van der Waals surface area contributed by atoms with Crippen molar-refractivity contribution in [3.8, 4) is 0 Å². The first-order valence-corrected chi connectivity index (χ1v) is 7.11. The molecule has 1 fully saturated rings. The van der Waals surface area contributed by atoms with E-state index in [1.165, 1.54) is 6.42 Å². The molecule has 2 N–H and O–H groups in total. The summed E-state index contributed by atoms with van der Waals surface area (Å²) >= 11 is 0. The molecule has 0 bridgehead atoms. The second kappa shape index (κ2) is 7.10. The zero-order valence-electron chi connectivity index (χ0n) is 11.9. The standard InChI is InChI=1S/C14H27NO3/c1-4-12-6-8-14(10-15,9-7-12)18-11(3)13(16)17-5-2/h11-12H,4-10,15H2,1-3H3. The van der Waals surface area contributed by atoms with Crippen molar-refractivity contribution >= 4 is 5.97 Å². The molecule has 1 atom stereocenters. The van der Waals surface area contributed by atoms with Crippen molar-refractivity contribution in [1.82, 2.24) is 0 Å². The van der Waals surface area contributed by atoms with E-state index in [0.29, 0.717) is 13.2 Å². The van der Waals surface area contributed by atoms with Gasteiger partial charge < -0.3 is 15.2 Å². The summed E-state index contributed by atoms with van der Waals surface area (Å²) < 4.78 is 10.9. The highest BCUT2D eigenvalue weighted by atomic mass is 16.6. The largest absolute Gasteiger partial charge is 0.464 e. The minimum atomic E-state index is -0.522. The SMILES string of the molecule is CCOC(=O)C(C)OC1(CN)CCC(CC)CC1. The Balaban J connectivity index is 2.53. The number of carbonyl (C=O) groups is 1. The Bertz CT molecular complexity index is 260. The molecule has 0 amide bonds. The molecule has 0 aromatic heterocycles. The second-order valence-electron chi connectivity index (χ2n) is 5.25. The smallest absolute Gasteiger partial charge is 0.334 e. The normalized spacial score (nSPS) is 29.9. The van der Waals surface area contributed by atoms with Crippen molar-refractivity contribution in [3.63, 3.8) is 0 Å². The van der Waals surface area contributed by atoms with Crippen LogP contribution in [0.2, 0.25) is 0 Å². The molecule has 1 aliphatic rings. The molecule has 4 heteroatoms. The van der Waals surface area contributed by atoms with Crippen LogP contribution in [0.3, 0.4) is 0 Å². The fourth-order valence-corrected chi connectivity index (χ4v) is 2.66. The number of hydrogen-bond acceptors (Lipinski definition) is 4. The monoisotopic (exact) mass is 257 g/mol. The zero-order valence-corrected chi connectivity index (χ0v) is 11.9. The molecule has 0 aliphatic heterocycles. The van der Waals surface area contributed by atoms with Gasteiger partial charge in [-0.1, -0.05) is 13.3 Å². The lowest BCUT2D eigenvalue weighted by Crippen LogP contribution is -2.47. The molecule has 18 heavy (non-hydrogen) atoms. The van der Waals surface area contributed by atoms with Crippen molar-refractivity contribution in [3.05, 3.63) is 0 Å². The van der Waals surface area contributed by atoms with Crippen LogP contribution in [0.4, 0.5) is 0 Å². The van der Waals surface area contributed by atoms with Crippen molar-refractivity contribution in [2.75, 3.05) is 13.2 Å². The van der Waals surface area contributed by atoms with Gasteiger partial charge in [0.25, 0.3) is 0 Å². The molecule has 0 heterocycles. The Morgan fingerprint density at radius 2 is 2.00 bits per heavy atom. The van der Waals surface area contributed by atoms with Gasteiger partial charge in [-0.05, 0) is 45.4 Å². The first-order chi connectivity index (χ1) is 8.56. The van der Waals surface area contributed by atoms with Gasteiger partial charge in [0.05, 0.1) is 12.2 Å². The molecule has 1 unspecified atom stereocenters. The maximum Gasteiger partial charge on any atom is 0.334 e. The number of ether oxygens (including phenoxy) is 2. The van der Waals surface area contributed by atoms with E-state index in [1.807, 2.05) is 0 Å². The molecule has 0 spiro atoms. The second-order valence-corrected chi connectivity index (χ2v) is 5.25. The quantitative estimate of drug-likeness (QED) is 0.741. The predicted octanol–water partition coefficient (Wildman–Crippen LogP) is 2.25. The van der Waals surface area contributed by atoms with Gasteiger partial charge in [0.2, 0.25) is 0 Å². The van der Waals surface area contributed by atoms with Crippen LogP contribution in [-0.4, -0.2) is 30.8 Å². The van der Waals surface area contributed by atoms with Gasteiger partial charge in [-0.25, -0.2) is 4.79 Å². The fraction of sp³-hybridized carbons (Fsp3) is 0.929. The summed E-state index contributed by atoms with van der Waals surface area (Å²) in [6.07, 6.45) is 4.88. The van der Waals surface area contributed by atoms with Crippen molar-refractivity contribution in [1.29, 1.82) is 0 Å². The molecule has 1 aliphatic carbocycles. The molecule has 0 radical (unpaired) electrons. The molecule has 1 saturated carbocycles. The van der Waals surface area contributed by atoms with Crippen molar-refractivity contribution in [2.24, 2.45) is 11.7 Å². The van der Waals surface area contributed by atoms with Gasteiger partial charge in [-0.2, -0.15) is 0 Å². The third-order valence-electron chi connectivity index (χ3n) is 4.01. The first kappa shape index (κ1) is 15.4. The van der Waals surface area contributed by atoms with Gasteiger partial charge in [-0.3, -0.25) is 0 Å². The van der Waals surface area contributed by atoms with E-state index in [-0.39, 0.29) is 11.6 Å². The Morgan fingerprint density at radius 1 is 1.39 bits per heavy atom. The predicted molar refractivity (Wildman–Crippen MR) is 71.2 cm³/mol. The van der Waals surface area contributed by atoms with Crippen LogP contribution in [0, 0.1) is 5.92 Å². The molecule has 0 aromatic carbocycles. The average Bonchev–Trinajstić information content (AvgIpc) is 2.39. The lowest BCUT2D eigenvalue weighted by Gasteiger charge is -2.40. The van der Waals surface area contributed by atoms with Crippen LogP contribution in [0.1, 0.15) is 52.9 Å². The molecular formula is C14H27NO3. The highest BCUT2D eigenvalue weighted by Crippen LogP contribution is 2.36. The van der Waals surface area contributed by atoms with Crippen LogP contribution in [-0.2, 0) is 14.3 Å². The summed E-state index contributed by atoms with van der Waals surface area (Å²) in [5.41, 5.74) is 5.55. The summed E-state index contributed by atoms with van der Waals surface area (Å²) in [7, 11) is 0. The van der Waals surface area contributed by atoms with E-state index in [0.717, 1.165) is 31.6 Å². The van der Waals surface area contributed by atoms with E-state index in [2.05, 4.69) is 6.92 Å². The number of rotatable bonds is 6. The summed E-state index contributed by atoms with van der Waals surface area (Å²) in [5, 5.41) is 0. The van der Waals surface area contributed by atoms with Gasteiger partial charge in [0, 0.05) is 6.54 Å². The third-order valence-corrected chi connectivity index (χ3v) is 4.01. The Morgan fingerprint density at radius 3 is 2.44 bits per heavy atom. The summed E-state index contributed by atoms with van der Waals surface area (Å²) in [6.45, 7) is 6.65. The van der Waals surface area contributed by atoms with Gasteiger partial charge >= 0.3 is 5.97 Å². The molecule has 0 saturated heterocycles. The van der Waals surface area contributed by atoms with E-state index < -0.39 is 6.10 Å². The summed E-state index contributed by atoms with van der Waals surface area (Å²) in [5.74, 6) is 0.495. The van der Waals surface area contributed by atoms with Crippen molar-refractivity contribution < 1.29 is 14.3 Å². The Hall–Kier alpha value is -0.610. The molecule has 1 rings (SSSR count). The van der Waals surface area contributed by atoms with E-state index >= 15 is 0 Å². The lowest BCUT2D eigenvalue weighted by molar-refractivity contribution is -0.171. The number of hydrogen-bond donors (Lipinski definition) is 1. The van der Waals surface area contributed by atoms with E-state index in [4.69, 9.17) is 15.2 Å². The van der Waals surface area contributed by atoms with E-state index in [1.54, 1.807) is 13.8 Å². The van der Waals surface area contributed by atoms with Crippen LogP contribution < -0.4 is 5.73 Å². The molecule has 106 valence electrons. The van der Waals surface area contributed by atoms with Gasteiger partial charge in [0.1, 0.15) is 0 Å². The summed E-state index contributed by atoms with van der Waals surface area (Å²) in [6, 6.07) is 0. The first-order valence-electron chi connectivity index (χ1n) is 7.11. The van der Waals surface area contributed by atoms with Crippen LogP contribution >= 0.6 is 0 Å². The van der Waals surface area contributed by atoms with Gasteiger partial charge in [-0.15, -0.1) is 0 Å². The number of nitrogens with two attached hydrogens (primary N) is 1. The maximum absolute atomic E-state index is 11.6. The van der Waals surface area contributed by atoms with Gasteiger partial charge in [0.15, 0.2) is 6.10 Å². The van der Waals surface area contributed by atoms with Crippen LogP contribution in [0.25, 0.3) is 0 Å². The molecule has 0 aromatic rings. The lowest BCUT2D eigenvalue weighted by atomic mass is 9.77.